The van der Waals surface area contributed by atoms with E-state index < -0.39 is 0 Å². The van der Waals surface area contributed by atoms with Crippen LogP contribution in [0.1, 0.15) is 25.8 Å². The molecule has 1 aliphatic carbocycles. The quantitative estimate of drug-likeness (QED) is 0.432. The largest absolute Gasteiger partial charge is 0.463 e. The molecule has 0 aromatic carbocycles. The lowest BCUT2D eigenvalue weighted by Crippen LogP contribution is -2.00. The molecule has 0 saturated heterocycles. The first-order valence-electron chi connectivity index (χ1n) is 5.55. The van der Waals surface area contributed by atoms with Crippen LogP contribution in [0, 0.1) is 0 Å². The number of hydrogen-bond acceptors (Lipinski definition) is 6. The fraction of sp³-hybridized carbons (Fsp3) is 0.600. The lowest BCUT2D eigenvalue weighted by atomic mass is 10.5. The first-order chi connectivity index (χ1) is 8.31. The molecule has 0 bridgehead atoms. The Balaban J connectivity index is 1.77. The monoisotopic (exact) mass is 254 g/mol. The van der Waals surface area contributed by atoms with Gasteiger partial charge >= 0.3 is 5.97 Å². The van der Waals surface area contributed by atoms with Crippen LogP contribution in [-0.4, -0.2) is 38.5 Å². The number of aromatic nitrogens is 4. The maximum Gasteiger partial charge on any atom is 0.330 e. The van der Waals surface area contributed by atoms with E-state index in [4.69, 9.17) is 4.74 Å². The smallest absolute Gasteiger partial charge is 0.330 e. The Hall–Kier alpha value is -1.37. The minimum Gasteiger partial charge on any atom is -0.463 e. The van der Waals surface area contributed by atoms with Gasteiger partial charge < -0.3 is 4.74 Å². The predicted octanol–water partition coefficient (Wildman–Crippen LogP) is 1.22. The van der Waals surface area contributed by atoms with Gasteiger partial charge in [0, 0.05) is 11.8 Å². The summed E-state index contributed by atoms with van der Waals surface area (Å²) in [4.78, 5) is 11.0. The molecular formula is C10H14N4O2S. The van der Waals surface area contributed by atoms with Gasteiger partial charge in [-0.1, -0.05) is 17.8 Å². The molecule has 0 atom stereocenters. The Bertz CT molecular complexity index is 414. The summed E-state index contributed by atoms with van der Waals surface area (Å²) in [5, 5.41) is 12.3. The van der Waals surface area contributed by atoms with Crippen molar-refractivity contribution in [3.05, 3.63) is 12.2 Å². The standard InChI is InChI=1S/C10H14N4O2S/c1-2-16-9(15)4-3-7-17-10-11-12-13-14(10)8-5-6-8/h3-4,8H,2,5-7H2,1H3/b4-3+. The predicted molar refractivity (Wildman–Crippen MR) is 62.6 cm³/mol. The third-order valence-corrected chi connectivity index (χ3v) is 3.09. The molecule has 7 heteroatoms. The zero-order chi connectivity index (χ0) is 12.1. The van der Waals surface area contributed by atoms with E-state index in [2.05, 4.69) is 15.5 Å². The summed E-state index contributed by atoms with van der Waals surface area (Å²) in [5.74, 6) is 0.348. The van der Waals surface area contributed by atoms with E-state index in [1.807, 2.05) is 4.68 Å². The van der Waals surface area contributed by atoms with Crippen LogP contribution in [0.4, 0.5) is 0 Å². The van der Waals surface area contributed by atoms with Crippen LogP contribution in [0.15, 0.2) is 17.3 Å². The van der Waals surface area contributed by atoms with Crippen molar-refractivity contribution in [2.75, 3.05) is 12.4 Å². The van der Waals surface area contributed by atoms with E-state index >= 15 is 0 Å². The molecule has 1 heterocycles. The zero-order valence-corrected chi connectivity index (χ0v) is 10.4. The van der Waals surface area contributed by atoms with Crippen molar-refractivity contribution in [2.45, 2.75) is 31.0 Å². The van der Waals surface area contributed by atoms with Gasteiger partial charge in [0.2, 0.25) is 5.16 Å². The minimum absolute atomic E-state index is 0.310. The van der Waals surface area contributed by atoms with Gasteiger partial charge in [-0.3, -0.25) is 0 Å². The van der Waals surface area contributed by atoms with Crippen molar-refractivity contribution in [3.8, 4) is 0 Å². The lowest BCUT2D eigenvalue weighted by Gasteiger charge is -1.99. The molecule has 1 aromatic rings. The highest BCUT2D eigenvalue weighted by atomic mass is 32.2. The van der Waals surface area contributed by atoms with Crippen LogP contribution in [0.3, 0.4) is 0 Å². The fourth-order valence-corrected chi connectivity index (χ4v) is 2.04. The molecule has 0 spiro atoms. The van der Waals surface area contributed by atoms with Gasteiger partial charge in [0.15, 0.2) is 0 Å². The van der Waals surface area contributed by atoms with Gasteiger partial charge in [-0.25, -0.2) is 9.48 Å². The average Bonchev–Trinajstić information content (AvgIpc) is 3.05. The maximum atomic E-state index is 11.0. The molecule has 1 aliphatic rings. The number of carbonyl (C=O) groups is 1. The number of thioether (sulfide) groups is 1. The van der Waals surface area contributed by atoms with Crippen LogP contribution >= 0.6 is 11.8 Å². The van der Waals surface area contributed by atoms with Crippen molar-refractivity contribution >= 4 is 17.7 Å². The Morgan fingerprint density at radius 1 is 1.65 bits per heavy atom. The molecule has 1 fully saturated rings. The summed E-state index contributed by atoms with van der Waals surface area (Å²) in [7, 11) is 0. The number of esters is 1. The third-order valence-electron chi connectivity index (χ3n) is 2.20. The number of nitrogens with zero attached hydrogens (tertiary/aromatic N) is 4. The maximum absolute atomic E-state index is 11.0. The van der Waals surface area contributed by atoms with E-state index in [1.54, 1.807) is 13.0 Å². The van der Waals surface area contributed by atoms with Crippen LogP contribution in [0.25, 0.3) is 0 Å². The molecule has 1 saturated carbocycles. The van der Waals surface area contributed by atoms with Gasteiger partial charge in [-0.05, 0) is 30.2 Å². The number of ether oxygens (including phenoxy) is 1. The second kappa shape index (κ2) is 5.81. The number of carbonyl (C=O) groups excluding carboxylic acids is 1. The Morgan fingerprint density at radius 2 is 2.47 bits per heavy atom. The average molecular weight is 254 g/mol. The third kappa shape index (κ3) is 3.55. The fourth-order valence-electron chi connectivity index (χ4n) is 1.29. The van der Waals surface area contributed by atoms with E-state index in [9.17, 15) is 4.79 Å². The summed E-state index contributed by atoms with van der Waals surface area (Å²) in [6.45, 7) is 2.18. The van der Waals surface area contributed by atoms with Crippen LogP contribution < -0.4 is 0 Å². The van der Waals surface area contributed by atoms with Crippen LogP contribution in [0.5, 0.6) is 0 Å². The topological polar surface area (TPSA) is 69.9 Å². The minimum atomic E-state index is -0.310. The Morgan fingerprint density at radius 3 is 3.18 bits per heavy atom. The molecule has 0 N–H and O–H groups in total. The lowest BCUT2D eigenvalue weighted by molar-refractivity contribution is -0.137. The van der Waals surface area contributed by atoms with E-state index in [-0.39, 0.29) is 5.97 Å². The van der Waals surface area contributed by atoms with Crippen molar-refractivity contribution in [1.82, 2.24) is 20.2 Å². The summed E-state index contributed by atoms with van der Waals surface area (Å²) in [6, 6.07) is 0.474. The zero-order valence-electron chi connectivity index (χ0n) is 9.57. The van der Waals surface area contributed by atoms with Crippen molar-refractivity contribution in [2.24, 2.45) is 0 Å². The molecule has 0 radical (unpaired) electrons. The van der Waals surface area contributed by atoms with Gasteiger partial charge in [0.1, 0.15) is 0 Å². The molecule has 17 heavy (non-hydrogen) atoms. The summed E-state index contributed by atoms with van der Waals surface area (Å²) in [6.07, 6.45) is 5.49. The highest BCUT2D eigenvalue weighted by Gasteiger charge is 2.27. The highest BCUT2D eigenvalue weighted by Crippen LogP contribution is 2.36. The van der Waals surface area contributed by atoms with E-state index in [0.717, 1.165) is 18.0 Å². The van der Waals surface area contributed by atoms with Crippen molar-refractivity contribution in [3.63, 3.8) is 0 Å². The summed E-state index contributed by atoms with van der Waals surface area (Å²) < 4.78 is 6.62. The molecule has 0 amide bonds. The number of tetrazole rings is 1. The van der Waals surface area contributed by atoms with Gasteiger partial charge in [0.25, 0.3) is 0 Å². The first kappa shape index (κ1) is 12.1. The van der Waals surface area contributed by atoms with E-state index in [1.165, 1.54) is 17.8 Å². The molecule has 92 valence electrons. The second-order valence-corrected chi connectivity index (χ2v) is 4.59. The van der Waals surface area contributed by atoms with Crippen LogP contribution in [-0.2, 0) is 9.53 Å². The summed E-state index contributed by atoms with van der Waals surface area (Å²) in [5.41, 5.74) is 0. The van der Waals surface area contributed by atoms with E-state index in [0.29, 0.717) is 18.4 Å². The highest BCUT2D eigenvalue weighted by molar-refractivity contribution is 7.99. The molecule has 6 nitrogen and oxygen atoms in total. The first-order valence-corrected chi connectivity index (χ1v) is 6.53. The Labute approximate surface area is 103 Å². The molecular weight excluding hydrogens is 240 g/mol. The number of hydrogen-bond donors (Lipinski definition) is 0. The van der Waals surface area contributed by atoms with Gasteiger partial charge in [0.05, 0.1) is 12.6 Å². The SMILES string of the molecule is CCOC(=O)/C=C/CSc1nnnn1C1CC1. The normalized spacial score (nSPS) is 15.4. The Kier molecular flexibility index (Phi) is 4.13. The van der Waals surface area contributed by atoms with Crippen molar-refractivity contribution in [1.29, 1.82) is 0 Å². The molecule has 2 rings (SSSR count). The molecule has 1 aromatic heterocycles. The summed E-state index contributed by atoms with van der Waals surface area (Å²) >= 11 is 1.51. The van der Waals surface area contributed by atoms with Crippen LogP contribution in [0.2, 0.25) is 0 Å². The van der Waals surface area contributed by atoms with Gasteiger partial charge in [-0.2, -0.15) is 0 Å². The number of rotatable bonds is 6. The van der Waals surface area contributed by atoms with Crippen molar-refractivity contribution < 1.29 is 9.53 Å². The second-order valence-electron chi connectivity index (χ2n) is 3.60. The molecule has 0 unspecified atom stereocenters. The molecule has 0 aliphatic heterocycles. The van der Waals surface area contributed by atoms with Gasteiger partial charge in [-0.15, -0.1) is 5.10 Å².